The fourth-order valence-electron chi connectivity index (χ4n) is 7.64. The van der Waals surface area contributed by atoms with Crippen molar-refractivity contribution in [2.24, 2.45) is 0 Å². The van der Waals surface area contributed by atoms with Gasteiger partial charge in [0.2, 0.25) is 0 Å². The number of aromatic nitrogens is 3. The third kappa shape index (κ3) is 4.80. The third-order valence-corrected chi connectivity index (χ3v) is 10.1. The second-order valence-corrected chi connectivity index (χ2v) is 13.1. The molecule has 0 N–H and O–H groups in total. The number of benzene rings is 7. The van der Waals surface area contributed by atoms with Gasteiger partial charge in [0.1, 0.15) is 17.0 Å². The molecule has 0 fully saturated rings. The first-order chi connectivity index (χ1) is 24.8. The zero-order valence-corrected chi connectivity index (χ0v) is 27.3. The van der Waals surface area contributed by atoms with Gasteiger partial charge in [0.15, 0.2) is 11.6 Å². The highest BCUT2D eigenvalue weighted by molar-refractivity contribution is 6.19. The van der Waals surface area contributed by atoms with Crippen LogP contribution < -0.4 is 0 Å². The van der Waals surface area contributed by atoms with Crippen molar-refractivity contribution in [2.45, 2.75) is 18.8 Å². The van der Waals surface area contributed by atoms with Crippen LogP contribution in [-0.4, -0.2) is 15.0 Å². The monoisotopic (exact) mass is 641 g/mol. The quantitative estimate of drug-likeness (QED) is 0.188. The Kier molecular flexibility index (Phi) is 6.66. The molecule has 7 aromatic carbocycles. The van der Waals surface area contributed by atoms with Gasteiger partial charge in [-0.15, -0.1) is 0 Å². The standard InChI is InChI=1S/C46H31N3O/c1-3-13-30(14-4-1)44-47-45(31-15-5-2-6-16-31)49-46(48-44)38-21-11-20-35(38)34-24-25-42-40(27-34)41-28-39(36-18-9-10-19-37(36)43(41)50-42)33-23-22-29-12-7-8-17-32(29)26-33/h1-10,12-20,22-28,38H,11,21H2. The van der Waals surface area contributed by atoms with Crippen LogP contribution in [0.15, 0.2) is 162 Å². The SMILES string of the molecule is C1=C(c2ccc3oc4c5ccccc5c(-c5ccc6ccccc6c5)cc4c3c2)C(c2nc(-c3ccccc3)nc(-c3ccccc3)n2)CC1. The highest BCUT2D eigenvalue weighted by Gasteiger charge is 2.27. The molecular formula is C46H31N3O. The van der Waals surface area contributed by atoms with E-state index in [1.165, 1.54) is 38.4 Å². The van der Waals surface area contributed by atoms with Crippen LogP contribution in [0.1, 0.15) is 30.1 Å². The Bertz CT molecular complexity index is 2710. The van der Waals surface area contributed by atoms with Gasteiger partial charge in [0.05, 0.1) is 0 Å². The normalized spacial score (nSPS) is 14.6. The van der Waals surface area contributed by atoms with Crippen LogP contribution in [0.4, 0.5) is 0 Å². The van der Waals surface area contributed by atoms with Crippen LogP contribution in [0.25, 0.3) is 83.0 Å². The number of nitrogens with zero attached hydrogens (tertiary/aromatic N) is 3. The molecular weight excluding hydrogens is 611 g/mol. The average molecular weight is 642 g/mol. The van der Waals surface area contributed by atoms with Gasteiger partial charge in [-0.1, -0.05) is 133 Å². The molecule has 1 unspecified atom stereocenters. The molecule has 2 heterocycles. The molecule has 0 spiro atoms. The Morgan fingerprint density at radius 1 is 0.480 bits per heavy atom. The van der Waals surface area contributed by atoms with E-state index in [2.05, 4.69) is 121 Å². The van der Waals surface area contributed by atoms with Gasteiger partial charge in [-0.3, -0.25) is 0 Å². The summed E-state index contributed by atoms with van der Waals surface area (Å²) < 4.78 is 6.63. The Labute approximate surface area is 289 Å². The van der Waals surface area contributed by atoms with E-state index in [0.717, 1.165) is 57.1 Å². The largest absolute Gasteiger partial charge is 0.455 e. The number of rotatable bonds is 5. The Morgan fingerprint density at radius 2 is 1.14 bits per heavy atom. The lowest BCUT2D eigenvalue weighted by atomic mass is 9.91. The van der Waals surface area contributed by atoms with E-state index in [-0.39, 0.29) is 5.92 Å². The highest BCUT2D eigenvalue weighted by atomic mass is 16.3. The van der Waals surface area contributed by atoms with Gasteiger partial charge in [0.25, 0.3) is 0 Å². The lowest BCUT2D eigenvalue weighted by Gasteiger charge is -2.16. The molecule has 4 heteroatoms. The molecule has 10 rings (SSSR count). The zero-order chi connectivity index (χ0) is 33.0. The van der Waals surface area contributed by atoms with Crippen molar-refractivity contribution in [2.75, 3.05) is 0 Å². The summed E-state index contributed by atoms with van der Waals surface area (Å²) >= 11 is 0. The lowest BCUT2D eigenvalue weighted by molar-refractivity contribution is 0.672. The van der Waals surface area contributed by atoms with E-state index in [9.17, 15) is 0 Å². The van der Waals surface area contributed by atoms with E-state index in [0.29, 0.717) is 11.6 Å². The molecule has 236 valence electrons. The maximum absolute atomic E-state index is 6.63. The molecule has 0 bridgehead atoms. The second kappa shape index (κ2) is 11.6. The van der Waals surface area contributed by atoms with Crippen molar-refractivity contribution in [3.8, 4) is 33.9 Å². The van der Waals surface area contributed by atoms with Crippen LogP contribution in [0.5, 0.6) is 0 Å². The molecule has 0 amide bonds. The molecule has 4 nitrogen and oxygen atoms in total. The topological polar surface area (TPSA) is 51.8 Å². The summed E-state index contributed by atoms with van der Waals surface area (Å²) in [5.74, 6) is 2.26. The van der Waals surface area contributed by atoms with Gasteiger partial charge in [-0.2, -0.15) is 0 Å². The highest BCUT2D eigenvalue weighted by Crippen LogP contribution is 2.44. The van der Waals surface area contributed by atoms with E-state index < -0.39 is 0 Å². The van der Waals surface area contributed by atoms with Crippen LogP contribution in [0.3, 0.4) is 0 Å². The predicted octanol–water partition coefficient (Wildman–Crippen LogP) is 12.0. The first-order valence-corrected chi connectivity index (χ1v) is 17.2. The summed E-state index contributed by atoms with van der Waals surface area (Å²) in [6.45, 7) is 0. The van der Waals surface area contributed by atoms with Crippen LogP contribution in [0.2, 0.25) is 0 Å². The third-order valence-electron chi connectivity index (χ3n) is 10.1. The molecule has 1 aliphatic carbocycles. The summed E-state index contributed by atoms with van der Waals surface area (Å²) in [5, 5.41) is 7.02. The molecule has 9 aromatic rings. The van der Waals surface area contributed by atoms with E-state index in [1.54, 1.807) is 0 Å². The van der Waals surface area contributed by atoms with Crippen LogP contribution in [-0.2, 0) is 0 Å². The predicted molar refractivity (Wildman–Crippen MR) is 205 cm³/mol. The molecule has 0 radical (unpaired) electrons. The molecule has 0 aliphatic heterocycles. The van der Waals surface area contributed by atoms with Crippen molar-refractivity contribution in [1.29, 1.82) is 0 Å². The summed E-state index contributed by atoms with van der Waals surface area (Å²) in [6, 6.07) is 53.2. The van der Waals surface area contributed by atoms with Crippen molar-refractivity contribution in [3.63, 3.8) is 0 Å². The fourth-order valence-corrected chi connectivity index (χ4v) is 7.64. The fraction of sp³-hybridized carbons (Fsp3) is 0.0652. The average Bonchev–Trinajstić information content (AvgIpc) is 3.83. The number of allylic oxidation sites excluding steroid dienone is 2. The maximum Gasteiger partial charge on any atom is 0.163 e. The van der Waals surface area contributed by atoms with E-state index in [4.69, 9.17) is 19.4 Å². The first kappa shape index (κ1) is 28.6. The van der Waals surface area contributed by atoms with Crippen LogP contribution in [0, 0.1) is 0 Å². The minimum atomic E-state index is 0.0486. The lowest BCUT2D eigenvalue weighted by Crippen LogP contribution is -2.08. The molecule has 50 heavy (non-hydrogen) atoms. The van der Waals surface area contributed by atoms with Gasteiger partial charge < -0.3 is 4.42 Å². The number of furan rings is 1. The van der Waals surface area contributed by atoms with E-state index >= 15 is 0 Å². The molecule has 2 aromatic heterocycles. The Balaban J connectivity index is 1.12. The Hall–Kier alpha value is -6.39. The molecule has 0 saturated carbocycles. The second-order valence-electron chi connectivity index (χ2n) is 13.1. The van der Waals surface area contributed by atoms with Crippen molar-refractivity contribution in [1.82, 2.24) is 15.0 Å². The number of hydrogen-bond donors (Lipinski definition) is 0. The molecule has 1 aliphatic rings. The minimum absolute atomic E-state index is 0.0486. The summed E-state index contributed by atoms with van der Waals surface area (Å²) in [6.07, 6.45) is 4.27. The Morgan fingerprint density at radius 3 is 1.90 bits per heavy atom. The van der Waals surface area contributed by atoms with Gasteiger partial charge in [0, 0.05) is 33.2 Å². The summed E-state index contributed by atoms with van der Waals surface area (Å²) in [7, 11) is 0. The van der Waals surface area contributed by atoms with Gasteiger partial charge in [-0.25, -0.2) is 15.0 Å². The number of hydrogen-bond acceptors (Lipinski definition) is 4. The van der Waals surface area contributed by atoms with Crippen molar-refractivity contribution >= 4 is 49.1 Å². The van der Waals surface area contributed by atoms with Crippen LogP contribution >= 0.6 is 0 Å². The minimum Gasteiger partial charge on any atom is -0.455 e. The molecule has 0 saturated heterocycles. The van der Waals surface area contributed by atoms with E-state index in [1.807, 2.05) is 36.4 Å². The zero-order valence-electron chi connectivity index (χ0n) is 27.3. The van der Waals surface area contributed by atoms with Gasteiger partial charge >= 0.3 is 0 Å². The smallest absolute Gasteiger partial charge is 0.163 e. The van der Waals surface area contributed by atoms with Crippen molar-refractivity contribution in [3.05, 3.63) is 169 Å². The number of fused-ring (bicyclic) bond motifs is 6. The van der Waals surface area contributed by atoms with Crippen molar-refractivity contribution < 1.29 is 4.42 Å². The van der Waals surface area contributed by atoms with Gasteiger partial charge in [-0.05, 0) is 75.5 Å². The summed E-state index contributed by atoms with van der Waals surface area (Å²) in [4.78, 5) is 15.1. The molecule has 1 atom stereocenters. The maximum atomic E-state index is 6.63. The summed E-state index contributed by atoms with van der Waals surface area (Å²) in [5.41, 5.74) is 8.60. The first-order valence-electron chi connectivity index (χ1n) is 17.2.